The molecule has 0 saturated carbocycles. The zero-order valence-electron chi connectivity index (χ0n) is 20.9. The summed E-state index contributed by atoms with van der Waals surface area (Å²) in [6.07, 6.45) is 11.6. The van der Waals surface area contributed by atoms with Crippen LogP contribution in [-0.4, -0.2) is 20.5 Å². The van der Waals surface area contributed by atoms with E-state index in [-0.39, 0.29) is 11.7 Å². The number of carbonyl (C=O) groups excluding carboxylic acids is 1. The fourth-order valence-electron chi connectivity index (χ4n) is 4.09. The molecule has 0 amide bonds. The second-order valence-corrected chi connectivity index (χ2v) is 9.66. The van der Waals surface area contributed by atoms with Crippen molar-refractivity contribution in [1.82, 2.24) is 20.1 Å². The Balaban J connectivity index is 1.71. The van der Waals surface area contributed by atoms with Crippen LogP contribution in [0.2, 0.25) is 0 Å². The standard InChI is InChI=1S/C29H32BrN5O/c1-4-8-25(11-6-13-28(36)26-12-5-9-23(16-26)17-31)21(2)15-29(35-22(3)27(30)20-34-35)33-19-24-10-7-14-32-18-24/h5,7,9-10,12,14-16,18,20,25,33H,2,4,6,8,11,13,19H2,1,3H3/b29-15-. The number of rotatable bonds is 13. The minimum absolute atomic E-state index is 0.0688. The Morgan fingerprint density at radius 3 is 2.78 bits per heavy atom. The van der Waals surface area contributed by atoms with Crippen molar-refractivity contribution in [3.8, 4) is 6.07 Å². The number of nitriles is 1. The number of halogens is 1. The Hall–Kier alpha value is -3.50. The van der Waals surface area contributed by atoms with Crippen LogP contribution in [0.1, 0.15) is 66.2 Å². The van der Waals surface area contributed by atoms with E-state index in [1.807, 2.05) is 29.9 Å². The Labute approximate surface area is 221 Å². The number of carbonyl (C=O) groups is 1. The Morgan fingerprint density at radius 2 is 2.11 bits per heavy atom. The molecule has 1 N–H and O–H groups in total. The van der Waals surface area contributed by atoms with Crippen LogP contribution < -0.4 is 5.32 Å². The highest BCUT2D eigenvalue weighted by atomic mass is 79.9. The average Bonchev–Trinajstić information content (AvgIpc) is 3.24. The average molecular weight is 547 g/mol. The van der Waals surface area contributed by atoms with Crippen LogP contribution in [0, 0.1) is 24.2 Å². The van der Waals surface area contributed by atoms with E-state index >= 15 is 0 Å². The molecule has 0 fully saturated rings. The lowest BCUT2D eigenvalue weighted by molar-refractivity contribution is 0.0978. The molecule has 1 aromatic carbocycles. The summed E-state index contributed by atoms with van der Waals surface area (Å²) in [6.45, 7) is 9.19. The lowest BCUT2D eigenvalue weighted by Crippen LogP contribution is -2.20. The van der Waals surface area contributed by atoms with Gasteiger partial charge in [0.1, 0.15) is 5.82 Å². The maximum atomic E-state index is 12.7. The summed E-state index contributed by atoms with van der Waals surface area (Å²) in [5.74, 6) is 1.17. The summed E-state index contributed by atoms with van der Waals surface area (Å²) in [4.78, 5) is 16.9. The predicted octanol–water partition coefficient (Wildman–Crippen LogP) is 6.83. The minimum Gasteiger partial charge on any atom is -0.366 e. The number of aromatic nitrogens is 3. The van der Waals surface area contributed by atoms with E-state index < -0.39 is 0 Å². The summed E-state index contributed by atoms with van der Waals surface area (Å²) in [7, 11) is 0. The van der Waals surface area contributed by atoms with Crippen molar-refractivity contribution in [2.45, 2.75) is 52.5 Å². The molecule has 0 aliphatic rings. The van der Waals surface area contributed by atoms with Gasteiger partial charge in [0.05, 0.1) is 28.0 Å². The van der Waals surface area contributed by atoms with E-state index in [2.05, 4.69) is 57.0 Å². The molecule has 3 aromatic rings. The van der Waals surface area contributed by atoms with Gasteiger partial charge in [-0.1, -0.05) is 38.1 Å². The van der Waals surface area contributed by atoms with E-state index in [0.29, 0.717) is 24.1 Å². The van der Waals surface area contributed by atoms with Gasteiger partial charge in [-0.05, 0) is 83.4 Å². The molecule has 0 radical (unpaired) electrons. The monoisotopic (exact) mass is 545 g/mol. The number of Topliss-reactive ketones (excluding diaryl/α,β-unsaturated/α-hetero) is 1. The first kappa shape index (κ1) is 27.1. The third-order valence-electron chi connectivity index (χ3n) is 6.13. The van der Waals surface area contributed by atoms with Gasteiger partial charge in [0.25, 0.3) is 0 Å². The smallest absolute Gasteiger partial charge is 0.162 e. The zero-order valence-corrected chi connectivity index (χ0v) is 22.5. The second-order valence-electron chi connectivity index (χ2n) is 8.80. The van der Waals surface area contributed by atoms with Crippen LogP contribution in [-0.2, 0) is 6.54 Å². The maximum Gasteiger partial charge on any atom is 0.162 e. The van der Waals surface area contributed by atoms with Crippen LogP contribution >= 0.6 is 15.9 Å². The molecule has 0 aliphatic carbocycles. The van der Waals surface area contributed by atoms with Crippen molar-refractivity contribution in [3.63, 3.8) is 0 Å². The summed E-state index contributed by atoms with van der Waals surface area (Å²) in [5, 5.41) is 17.1. The number of hydrogen-bond donors (Lipinski definition) is 1. The molecule has 3 rings (SSSR count). The van der Waals surface area contributed by atoms with Gasteiger partial charge < -0.3 is 5.32 Å². The van der Waals surface area contributed by atoms with Crippen molar-refractivity contribution in [1.29, 1.82) is 5.26 Å². The normalized spacial score (nSPS) is 12.1. The van der Waals surface area contributed by atoms with Crippen LogP contribution in [0.3, 0.4) is 0 Å². The van der Waals surface area contributed by atoms with Crippen LogP contribution in [0.4, 0.5) is 0 Å². The fraction of sp³-hybridized carbons (Fsp3) is 0.310. The number of nitrogens with zero attached hydrogens (tertiary/aromatic N) is 4. The molecule has 186 valence electrons. The Morgan fingerprint density at radius 1 is 1.28 bits per heavy atom. The molecule has 36 heavy (non-hydrogen) atoms. The van der Waals surface area contributed by atoms with Gasteiger partial charge in [-0.25, -0.2) is 4.68 Å². The first-order valence-corrected chi connectivity index (χ1v) is 13.0. The van der Waals surface area contributed by atoms with Crippen molar-refractivity contribution in [3.05, 3.63) is 100 Å². The number of ketones is 1. The summed E-state index contributed by atoms with van der Waals surface area (Å²) in [6, 6.07) is 13.0. The highest BCUT2D eigenvalue weighted by Gasteiger charge is 2.15. The first-order chi connectivity index (χ1) is 17.4. The molecule has 7 heteroatoms. The molecular weight excluding hydrogens is 514 g/mol. The maximum absolute atomic E-state index is 12.7. The lowest BCUT2D eigenvalue weighted by Gasteiger charge is -2.19. The van der Waals surface area contributed by atoms with E-state index in [9.17, 15) is 4.79 Å². The Kier molecular flexibility index (Phi) is 10.2. The molecule has 6 nitrogen and oxygen atoms in total. The highest BCUT2D eigenvalue weighted by molar-refractivity contribution is 9.10. The van der Waals surface area contributed by atoms with Gasteiger partial charge in [-0.3, -0.25) is 9.78 Å². The molecular formula is C29H32BrN5O. The number of allylic oxidation sites excluding steroid dienone is 2. The SMILES string of the molecule is C=C(/C=C(/NCc1cccnc1)n1ncc(Br)c1C)C(CCC)CCCC(=O)c1cccc(C#N)c1. The zero-order chi connectivity index (χ0) is 25.9. The van der Waals surface area contributed by atoms with Crippen molar-refractivity contribution in [2.75, 3.05) is 0 Å². The summed E-state index contributed by atoms with van der Waals surface area (Å²) < 4.78 is 2.81. The molecule has 0 bridgehead atoms. The van der Waals surface area contributed by atoms with Crippen molar-refractivity contribution < 1.29 is 4.79 Å². The van der Waals surface area contributed by atoms with E-state index in [4.69, 9.17) is 5.26 Å². The van der Waals surface area contributed by atoms with Gasteiger partial charge in [0, 0.05) is 30.9 Å². The quantitative estimate of drug-likeness (QED) is 0.188. The van der Waals surface area contributed by atoms with Gasteiger partial charge in [0.15, 0.2) is 5.78 Å². The molecule has 1 unspecified atom stereocenters. The van der Waals surface area contributed by atoms with Crippen LogP contribution in [0.15, 0.2) is 77.7 Å². The van der Waals surface area contributed by atoms with Crippen LogP contribution in [0.5, 0.6) is 0 Å². The van der Waals surface area contributed by atoms with Gasteiger partial charge in [-0.2, -0.15) is 10.4 Å². The summed E-state index contributed by atoms with van der Waals surface area (Å²) in [5.41, 5.74) is 4.18. The third kappa shape index (κ3) is 7.50. The summed E-state index contributed by atoms with van der Waals surface area (Å²) >= 11 is 3.56. The number of hydrogen-bond acceptors (Lipinski definition) is 5. The molecule has 0 aliphatic heterocycles. The second kappa shape index (κ2) is 13.6. The van der Waals surface area contributed by atoms with Crippen LogP contribution in [0.25, 0.3) is 5.82 Å². The predicted molar refractivity (Wildman–Crippen MR) is 147 cm³/mol. The minimum atomic E-state index is 0.0688. The van der Waals surface area contributed by atoms with Gasteiger partial charge in [-0.15, -0.1) is 0 Å². The lowest BCUT2D eigenvalue weighted by atomic mass is 9.89. The number of benzene rings is 1. The molecule has 0 saturated heterocycles. The van der Waals surface area contributed by atoms with Crippen molar-refractivity contribution in [2.24, 2.45) is 5.92 Å². The van der Waals surface area contributed by atoms with E-state index in [1.54, 1.807) is 36.7 Å². The van der Waals surface area contributed by atoms with E-state index in [0.717, 1.165) is 52.8 Å². The van der Waals surface area contributed by atoms with E-state index in [1.165, 1.54) is 0 Å². The molecule has 2 aromatic heterocycles. The van der Waals surface area contributed by atoms with Gasteiger partial charge >= 0.3 is 0 Å². The largest absolute Gasteiger partial charge is 0.366 e. The number of nitrogens with one attached hydrogen (secondary N) is 1. The van der Waals surface area contributed by atoms with Gasteiger partial charge in [0.2, 0.25) is 0 Å². The fourth-order valence-corrected chi connectivity index (χ4v) is 4.35. The molecule has 1 atom stereocenters. The molecule has 2 heterocycles. The first-order valence-electron chi connectivity index (χ1n) is 12.2. The van der Waals surface area contributed by atoms with Crippen molar-refractivity contribution >= 4 is 27.5 Å². The molecule has 0 spiro atoms. The third-order valence-corrected chi connectivity index (χ3v) is 6.91. The highest BCUT2D eigenvalue weighted by Crippen LogP contribution is 2.26. The topological polar surface area (TPSA) is 83.6 Å². The Bertz CT molecular complexity index is 1260. The number of pyridine rings is 1.